The predicted octanol–water partition coefficient (Wildman–Crippen LogP) is 4.71. The highest BCUT2D eigenvalue weighted by molar-refractivity contribution is 8.01. The molecule has 0 radical (unpaired) electrons. The van der Waals surface area contributed by atoms with Crippen LogP contribution in [0.4, 0.5) is 5.69 Å². The molecule has 3 aromatic rings. The smallest absolute Gasteiger partial charge is 0.234 e. The van der Waals surface area contributed by atoms with Gasteiger partial charge >= 0.3 is 0 Å². The SMILES string of the molecule is COc1ccccc1NC(=O)CSc1nn(-c2ccccc2C)c(=S)s1. The molecule has 0 aliphatic heterocycles. The van der Waals surface area contributed by atoms with Crippen LogP contribution in [0.15, 0.2) is 52.9 Å². The van der Waals surface area contributed by atoms with Gasteiger partial charge in [0.25, 0.3) is 0 Å². The van der Waals surface area contributed by atoms with Crippen LogP contribution in [0.2, 0.25) is 0 Å². The number of hydrogen-bond acceptors (Lipinski definition) is 6. The van der Waals surface area contributed by atoms with Gasteiger partial charge in [-0.1, -0.05) is 53.4 Å². The maximum atomic E-state index is 12.2. The second-order valence-electron chi connectivity index (χ2n) is 5.37. The standard InChI is InChI=1S/C18H17N3O2S3/c1-12-7-3-5-9-14(12)21-18(24)26-17(20-21)25-11-16(22)19-13-8-4-6-10-15(13)23-2/h3-10H,11H2,1-2H3,(H,19,22). The predicted molar refractivity (Wildman–Crippen MR) is 109 cm³/mol. The number of amides is 1. The van der Waals surface area contributed by atoms with Gasteiger partial charge in [-0.05, 0) is 42.9 Å². The van der Waals surface area contributed by atoms with Gasteiger partial charge in [-0.25, -0.2) is 4.68 Å². The summed E-state index contributed by atoms with van der Waals surface area (Å²) in [6.45, 7) is 2.02. The van der Waals surface area contributed by atoms with Gasteiger partial charge in [0.05, 0.1) is 24.2 Å². The molecule has 1 N–H and O–H groups in total. The van der Waals surface area contributed by atoms with Crippen molar-refractivity contribution in [1.82, 2.24) is 9.78 Å². The van der Waals surface area contributed by atoms with Crippen LogP contribution in [0.3, 0.4) is 0 Å². The van der Waals surface area contributed by atoms with E-state index in [2.05, 4.69) is 10.4 Å². The van der Waals surface area contributed by atoms with Crippen molar-refractivity contribution in [3.8, 4) is 11.4 Å². The Hall–Kier alpha value is -2.16. The number of thioether (sulfide) groups is 1. The Labute approximate surface area is 165 Å². The normalized spacial score (nSPS) is 10.5. The Morgan fingerprint density at radius 2 is 2.00 bits per heavy atom. The van der Waals surface area contributed by atoms with Crippen molar-refractivity contribution < 1.29 is 9.53 Å². The summed E-state index contributed by atoms with van der Waals surface area (Å²) in [5.41, 5.74) is 2.71. The first-order valence-electron chi connectivity index (χ1n) is 7.80. The van der Waals surface area contributed by atoms with E-state index >= 15 is 0 Å². The van der Waals surface area contributed by atoms with Crippen LogP contribution in [0.25, 0.3) is 5.69 Å². The highest BCUT2D eigenvalue weighted by Crippen LogP contribution is 2.26. The molecule has 0 spiro atoms. The number of aryl methyl sites for hydroxylation is 1. The van der Waals surface area contributed by atoms with Crippen LogP contribution < -0.4 is 10.1 Å². The molecule has 1 heterocycles. The number of anilines is 1. The third-order valence-corrected chi connectivity index (χ3v) is 5.95. The second kappa shape index (κ2) is 8.48. The fourth-order valence-electron chi connectivity index (χ4n) is 2.33. The lowest BCUT2D eigenvalue weighted by molar-refractivity contribution is -0.113. The van der Waals surface area contributed by atoms with E-state index in [1.54, 1.807) is 23.9 Å². The zero-order chi connectivity index (χ0) is 18.5. The molecule has 134 valence electrons. The highest BCUT2D eigenvalue weighted by atomic mass is 32.2. The van der Waals surface area contributed by atoms with Crippen molar-refractivity contribution in [2.75, 3.05) is 18.2 Å². The maximum Gasteiger partial charge on any atom is 0.234 e. The third-order valence-electron chi connectivity index (χ3n) is 3.58. The number of benzene rings is 2. The number of ether oxygens (including phenoxy) is 1. The summed E-state index contributed by atoms with van der Waals surface area (Å²) in [5, 5.41) is 7.40. The minimum absolute atomic E-state index is 0.122. The molecule has 26 heavy (non-hydrogen) atoms. The van der Waals surface area contributed by atoms with Crippen molar-refractivity contribution in [1.29, 1.82) is 0 Å². The molecule has 5 nitrogen and oxygen atoms in total. The number of nitrogens with one attached hydrogen (secondary N) is 1. The molecule has 2 aromatic carbocycles. The molecule has 0 saturated heterocycles. The van der Waals surface area contributed by atoms with E-state index in [0.29, 0.717) is 15.4 Å². The Morgan fingerprint density at radius 1 is 1.27 bits per heavy atom. The third kappa shape index (κ3) is 4.32. The summed E-state index contributed by atoms with van der Waals surface area (Å²) in [4.78, 5) is 12.2. The monoisotopic (exact) mass is 403 g/mol. The number of nitrogens with zero attached hydrogens (tertiary/aromatic N) is 2. The number of rotatable bonds is 6. The van der Waals surface area contributed by atoms with Gasteiger partial charge in [-0.3, -0.25) is 4.79 Å². The van der Waals surface area contributed by atoms with Gasteiger partial charge in [0.15, 0.2) is 8.29 Å². The van der Waals surface area contributed by atoms with Gasteiger partial charge in [-0.15, -0.1) is 5.10 Å². The number of para-hydroxylation sites is 3. The van der Waals surface area contributed by atoms with Crippen molar-refractivity contribution in [3.05, 3.63) is 58.0 Å². The summed E-state index contributed by atoms with van der Waals surface area (Å²) >= 11 is 8.18. The van der Waals surface area contributed by atoms with E-state index in [1.807, 2.05) is 43.3 Å². The molecular formula is C18H17N3O2S3. The molecule has 0 saturated carbocycles. The molecule has 8 heteroatoms. The summed E-state index contributed by atoms with van der Waals surface area (Å²) in [6, 6.07) is 15.2. The van der Waals surface area contributed by atoms with Crippen LogP contribution in [0.5, 0.6) is 5.75 Å². The Kier molecular flexibility index (Phi) is 6.08. The molecule has 0 fully saturated rings. The average molecular weight is 404 g/mol. The van der Waals surface area contributed by atoms with Crippen molar-refractivity contribution in [2.24, 2.45) is 0 Å². The minimum Gasteiger partial charge on any atom is -0.495 e. The highest BCUT2D eigenvalue weighted by Gasteiger charge is 2.12. The lowest BCUT2D eigenvalue weighted by Crippen LogP contribution is -2.14. The summed E-state index contributed by atoms with van der Waals surface area (Å²) < 4.78 is 8.40. The minimum atomic E-state index is -0.122. The van der Waals surface area contributed by atoms with E-state index in [-0.39, 0.29) is 11.7 Å². The van der Waals surface area contributed by atoms with E-state index in [4.69, 9.17) is 17.0 Å². The van der Waals surface area contributed by atoms with Crippen LogP contribution in [0.1, 0.15) is 5.56 Å². The van der Waals surface area contributed by atoms with E-state index in [9.17, 15) is 4.79 Å². The van der Waals surface area contributed by atoms with Gasteiger partial charge in [-0.2, -0.15) is 0 Å². The zero-order valence-electron chi connectivity index (χ0n) is 14.3. The zero-order valence-corrected chi connectivity index (χ0v) is 16.7. The number of methoxy groups -OCH3 is 1. The van der Waals surface area contributed by atoms with Crippen LogP contribution in [0, 0.1) is 10.9 Å². The van der Waals surface area contributed by atoms with Gasteiger partial charge in [0, 0.05) is 0 Å². The van der Waals surface area contributed by atoms with Gasteiger partial charge in [0.2, 0.25) is 5.91 Å². The molecule has 0 aliphatic rings. The fourth-order valence-corrected chi connectivity index (χ4v) is 4.48. The number of hydrogen-bond donors (Lipinski definition) is 1. The Bertz CT molecular complexity index is 982. The quantitative estimate of drug-likeness (QED) is 0.477. The van der Waals surface area contributed by atoms with Crippen LogP contribution in [-0.4, -0.2) is 28.6 Å². The largest absolute Gasteiger partial charge is 0.495 e. The molecule has 1 aromatic heterocycles. The molecule has 0 unspecified atom stereocenters. The van der Waals surface area contributed by atoms with Crippen molar-refractivity contribution in [2.45, 2.75) is 11.3 Å². The fraction of sp³-hybridized carbons (Fsp3) is 0.167. The van der Waals surface area contributed by atoms with Crippen molar-refractivity contribution in [3.63, 3.8) is 0 Å². The average Bonchev–Trinajstić information content (AvgIpc) is 3.01. The first-order valence-corrected chi connectivity index (χ1v) is 10.0. The van der Waals surface area contributed by atoms with Gasteiger partial charge in [0.1, 0.15) is 5.75 Å². The molecule has 0 bridgehead atoms. The van der Waals surface area contributed by atoms with E-state index in [1.165, 1.54) is 23.1 Å². The molecule has 1 amide bonds. The maximum absolute atomic E-state index is 12.2. The molecule has 0 aliphatic carbocycles. The molecular weight excluding hydrogens is 386 g/mol. The Morgan fingerprint density at radius 3 is 2.77 bits per heavy atom. The number of carbonyl (C=O) groups excluding carboxylic acids is 1. The number of aromatic nitrogens is 2. The first kappa shape index (κ1) is 18.6. The molecule has 3 rings (SSSR count). The van der Waals surface area contributed by atoms with Crippen molar-refractivity contribution >= 4 is 46.9 Å². The lowest BCUT2D eigenvalue weighted by Gasteiger charge is -2.09. The lowest BCUT2D eigenvalue weighted by atomic mass is 10.2. The Balaban J connectivity index is 1.67. The van der Waals surface area contributed by atoms with E-state index < -0.39 is 0 Å². The topological polar surface area (TPSA) is 56.1 Å². The molecule has 0 atom stereocenters. The summed E-state index contributed by atoms with van der Waals surface area (Å²) in [7, 11) is 1.57. The van der Waals surface area contributed by atoms with Crippen LogP contribution in [-0.2, 0) is 4.79 Å². The summed E-state index contributed by atoms with van der Waals surface area (Å²) in [6.07, 6.45) is 0. The summed E-state index contributed by atoms with van der Waals surface area (Å²) in [5.74, 6) is 0.752. The van der Waals surface area contributed by atoms with Crippen LogP contribution >= 0.6 is 35.3 Å². The second-order valence-corrected chi connectivity index (χ2v) is 8.21. The number of carbonyl (C=O) groups is 1. The van der Waals surface area contributed by atoms with Gasteiger partial charge < -0.3 is 10.1 Å². The first-order chi connectivity index (χ1) is 12.6. The van der Waals surface area contributed by atoms with E-state index in [0.717, 1.165) is 15.6 Å².